The molecule has 1 nitrogen and oxygen atoms in total. The molecule has 2 aromatic rings. The maximum atomic E-state index is 13.3. The first-order chi connectivity index (χ1) is 9.06. The maximum Gasteiger partial charge on any atom is 0.123 e. The Morgan fingerprint density at radius 2 is 1.79 bits per heavy atom. The van der Waals surface area contributed by atoms with Gasteiger partial charge in [-0.15, -0.1) is 11.8 Å². The van der Waals surface area contributed by atoms with Crippen LogP contribution in [0.25, 0.3) is 0 Å². The number of halogens is 1. The van der Waals surface area contributed by atoms with Crippen molar-refractivity contribution in [1.82, 2.24) is 0 Å². The van der Waals surface area contributed by atoms with Gasteiger partial charge in [-0.05, 0) is 49.2 Å². The number of rotatable bonds is 4. The summed E-state index contributed by atoms with van der Waals surface area (Å²) in [6.45, 7) is 4.03. The molecule has 0 saturated carbocycles. The molecule has 0 saturated heterocycles. The Kier molecular flexibility index (Phi) is 4.61. The normalized spacial score (nSPS) is 12.4. The molecule has 1 atom stereocenters. The number of thioether (sulfide) groups is 1. The number of hydrogen-bond acceptors (Lipinski definition) is 2. The summed E-state index contributed by atoms with van der Waals surface area (Å²) in [7, 11) is 0. The van der Waals surface area contributed by atoms with Crippen molar-refractivity contribution < 1.29 is 4.39 Å². The predicted octanol–water partition coefficient (Wildman–Crippen LogP) is 4.23. The van der Waals surface area contributed by atoms with E-state index in [0.29, 0.717) is 0 Å². The average Bonchev–Trinajstić information content (AvgIpc) is 2.40. The minimum absolute atomic E-state index is 0.151. The van der Waals surface area contributed by atoms with Crippen LogP contribution in [0.4, 0.5) is 4.39 Å². The topological polar surface area (TPSA) is 26.0 Å². The fourth-order valence-electron chi connectivity index (χ4n) is 1.92. The van der Waals surface area contributed by atoms with Crippen LogP contribution in [0.5, 0.6) is 0 Å². The molecule has 0 fully saturated rings. The van der Waals surface area contributed by atoms with E-state index in [-0.39, 0.29) is 11.9 Å². The molecule has 0 aliphatic rings. The van der Waals surface area contributed by atoms with E-state index in [0.717, 1.165) is 16.9 Å². The highest BCUT2D eigenvalue weighted by atomic mass is 32.2. The minimum atomic E-state index is -0.226. The van der Waals surface area contributed by atoms with Crippen LogP contribution >= 0.6 is 11.8 Å². The second kappa shape index (κ2) is 6.22. The van der Waals surface area contributed by atoms with Crippen molar-refractivity contribution in [3.05, 3.63) is 65.0 Å². The zero-order valence-corrected chi connectivity index (χ0v) is 12.0. The Balaban J connectivity index is 2.03. The largest absolute Gasteiger partial charge is 0.323 e. The molecule has 0 radical (unpaired) electrons. The van der Waals surface area contributed by atoms with E-state index < -0.39 is 0 Å². The van der Waals surface area contributed by atoms with Crippen molar-refractivity contribution in [1.29, 1.82) is 0 Å². The summed E-state index contributed by atoms with van der Waals surface area (Å²) in [6.07, 6.45) is 0. The second-order valence-corrected chi connectivity index (χ2v) is 5.82. The molecule has 1 unspecified atom stereocenters. The van der Waals surface area contributed by atoms with Crippen LogP contribution in [0.2, 0.25) is 0 Å². The predicted molar refractivity (Wildman–Crippen MR) is 80.0 cm³/mol. The first-order valence-electron chi connectivity index (χ1n) is 6.27. The molecule has 0 aliphatic carbocycles. The molecule has 0 aromatic heterocycles. The second-order valence-electron chi connectivity index (χ2n) is 4.73. The van der Waals surface area contributed by atoms with Gasteiger partial charge in [0, 0.05) is 16.7 Å². The van der Waals surface area contributed by atoms with E-state index >= 15 is 0 Å². The van der Waals surface area contributed by atoms with Gasteiger partial charge >= 0.3 is 0 Å². The first kappa shape index (κ1) is 14.1. The van der Waals surface area contributed by atoms with Crippen molar-refractivity contribution >= 4 is 11.8 Å². The number of nitrogens with two attached hydrogens (primary N) is 1. The number of benzene rings is 2. The molecule has 0 bridgehead atoms. The van der Waals surface area contributed by atoms with Crippen molar-refractivity contribution in [2.75, 3.05) is 5.75 Å². The third-order valence-corrected chi connectivity index (χ3v) is 4.22. The van der Waals surface area contributed by atoms with Gasteiger partial charge in [0.15, 0.2) is 0 Å². The lowest BCUT2D eigenvalue weighted by Crippen LogP contribution is -2.14. The smallest absolute Gasteiger partial charge is 0.123 e. The van der Waals surface area contributed by atoms with Crippen LogP contribution in [0.1, 0.15) is 22.7 Å². The summed E-state index contributed by atoms with van der Waals surface area (Å²) in [5.41, 5.74) is 9.33. The Bertz CT molecular complexity index is 551. The lowest BCUT2D eigenvalue weighted by molar-refractivity contribution is 0.621. The van der Waals surface area contributed by atoms with Gasteiger partial charge in [0.1, 0.15) is 5.82 Å². The maximum absolute atomic E-state index is 13.3. The molecule has 2 N–H and O–H groups in total. The van der Waals surface area contributed by atoms with Crippen LogP contribution in [-0.4, -0.2) is 5.75 Å². The summed E-state index contributed by atoms with van der Waals surface area (Å²) < 4.78 is 13.3. The van der Waals surface area contributed by atoms with Gasteiger partial charge in [0.05, 0.1) is 0 Å². The third-order valence-electron chi connectivity index (χ3n) is 3.09. The van der Waals surface area contributed by atoms with Crippen LogP contribution in [0.3, 0.4) is 0 Å². The molecule has 0 spiro atoms. The fourth-order valence-corrected chi connectivity index (χ4v) is 2.80. The van der Waals surface area contributed by atoms with Gasteiger partial charge in [-0.1, -0.05) is 23.8 Å². The lowest BCUT2D eigenvalue weighted by Gasteiger charge is -2.14. The molecule has 3 heteroatoms. The molecule has 19 heavy (non-hydrogen) atoms. The number of hydrogen-bond donors (Lipinski definition) is 1. The zero-order chi connectivity index (χ0) is 13.8. The van der Waals surface area contributed by atoms with Gasteiger partial charge in [-0.2, -0.15) is 0 Å². The third kappa shape index (κ3) is 3.82. The van der Waals surface area contributed by atoms with E-state index in [2.05, 4.69) is 31.2 Å². The summed E-state index contributed by atoms with van der Waals surface area (Å²) in [5.74, 6) is 0.518. The lowest BCUT2D eigenvalue weighted by atomic mass is 10.0. The van der Waals surface area contributed by atoms with Gasteiger partial charge in [-0.3, -0.25) is 0 Å². The van der Waals surface area contributed by atoms with E-state index in [4.69, 9.17) is 5.73 Å². The van der Waals surface area contributed by atoms with Crippen LogP contribution in [0.15, 0.2) is 47.4 Å². The standard InChI is InChI=1S/C16H18FNS/c1-11-3-7-14(8-4-11)19-10-16(18)15-9-13(17)6-5-12(15)2/h3-9,16H,10,18H2,1-2H3. The molecule has 100 valence electrons. The highest BCUT2D eigenvalue weighted by Crippen LogP contribution is 2.25. The van der Waals surface area contributed by atoms with Gasteiger partial charge < -0.3 is 5.73 Å². The van der Waals surface area contributed by atoms with Crippen LogP contribution in [0, 0.1) is 19.7 Å². The van der Waals surface area contributed by atoms with Gasteiger partial charge in [-0.25, -0.2) is 4.39 Å². The highest BCUT2D eigenvalue weighted by molar-refractivity contribution is 7.99. The van der Waals surface area contributed by atoms with Gasteiger partial charge in [0.2, 0.25) is 0 Å². The summed E-state index contributed by atoms with van der Waals surface area (Å²) in [4.78, 5) is 1.19. The molecular weight excluding hydrogens is 257 g/mol. The Labute approximate surface area is 118 Å². The molecular formula is C16H18FNS. The van der Waals surface area contributed by atoms with Crippen LogP contribution < -0.4 is 5.73 Å². The first-order valence-corrected chi connectivity index (χ1v) is 7.26. The Hall–Kier alpha value is -1.32. The summed E-state index contributed by atoms with van der Waals surface area (Å²) >= 11 is 1.70. The molecule has 0 amide bonds. The fraction of sp³-hybridized carbons (Fsp3) is 0.250. The molecule has 0 aliphatic heterocycles. The van der Waals surface area contributed by atoms with Crippen molar-refractivity contribution in [3.8, 4) is 0 Å². The summed E-state index contributed by atoms with van der Waals surface area (Å²) in [5, 5.41) is 0. The van der Waals surface area contributed by atoms with Crippen molar-refractivity contribution in [2.45, 2.75) is 24.8 Å². The van der Waals surface area contributed by atoms with E-state index in [1.165, 1.54) is 22.6 Å². The average molecular weight is 275 g/mol. The SMILES string of the molecule is Cc1ccc(SCC(N)c2cc(F)ccc2C)cc1. The Morgan fingerprint density at radius 1 is 1.11 bits per heavy atom. The molecule has 2 rings (SSSR count). The van der Waals surface area contributed by atoms with Crippen LogP contribution in [-0.2, 0) is 0 Å². The zero-order valence-electron chi connectivity index (χ0n) is 11.2. The van der Waals surface area contributed by atoms with E-state index in [1.54, 1.807) is 17.8 Å². The molecule has 2 aromatic carbocycles. The van der Waals surface area contributed by atoms with E-state index in [1.807, 2.05) is 6.92 Å². The van der Waals surface area contributed by atoms with Crippen molar-refractivity contribution in [3.63, 3.8) is 0 Å². The van der Waals surface area contributed by atoms with Gasteiger partial charge in [0.25, 0.3) is 0 Å². The highest BCUT2D eigenvalue weighted by Gasteiger charge is 2.10. The molecule has 0 heterocycles. The monoisotopic (exact) mass is 275 g/mol. The van der Waals surface area contributed by atoms with E-state index in [9.17, 15) is 4.39 Å². The number of aryl methyl sites for hydroxylation is 2. The minimum Gasteiger partial charge on any atom is -0.323 e. The Morgan fingerprint density at radius 3 is 2.47 bits per heavy atom. The van der Waals surface area contributed by atoms with Crippen molar-refractivity contribution in [2.24, 2.45) is 5.73 Å². The summed E-state index contributed by atoms with van der Waals surface area (Å²) in [6, 6.07) is 13.0. The quantitative estimate of drug-likeness (QED) is 0.845.